The Morgan fingerprint density at radius 2 is 1.59 bits per heavy atom. The van der Waals surface area contributed by atoms with Gasteiger partial charge in [0.15, 0.2) is 23.1 Å². The van der Waals surface area contributed by atoms with E-state index in [2.05, 4.69) is 19.2 Å². The SMILES string of the molecule is CC1(C)CC(=O)C2=C(C1)OC(Nc1ccccc1)=C(C(=O)c1ccccc1)C2c1ccc2c(c1)OCO2. The molecule has 0 aromatic heterocycles. The van der Waals surface area contributed by atoms with Crippen LogP contribution in [0.2, 0.25) is 0 Å². The quantitative estimate of drug-likeness (QED) is 0.416. The number of rotatable bonds is 5. The van der Waals surface area contributed by atoms with Gasteiger partial charge in [-0.2, -0.15) is 0 Å². The molecule has 1 atom stereocenters. The molecule has 3 aliphatic rings. The molecule has 2 aliphatic heterocycles. The second-order valence-electron chi connectivity index (χ2n) is 10.4. The highest BCUT2D eigenvalue weighted by molar-refractivity contribution is 6.13. The molecule has 1 aliphatic carbocycles. The second-order valence-corrected chi connectivity index (χ2v) is 10.4. The van der Waals surface area contributed by atoms with Gasteiger partial charge in [0.2, 0.25) is 12.7 Å². The third-order valence-corrected chi connectivity index (χ3v) is 6.97. The van der Waals surface area contributed by atoms with Crippen molar-refractivity contribution in [3.05, 3.63) is 113 Å². The molecule has 186 valence electrons. The van der Waals surface area contributed by atoms with Crippen LogP contribution >= 0.6 is 0 Å². The summed E-state index contributed by atoms with van der Waals surface area (Å²) in [7, 11) is 0. The predicted octanol–water partition coefficient (Wildman–Crippen LogP) is 6.38. The zero-order valence-corrected chi connectivity index (χ0v) is 20.7. The van der Waals surface area contributed by atoms with Gasteiger partial charge in [0.05, 0.1) is 11.5 Å². The third-order valence-electron chi connectivity index (χ3n) is 6.97. The fourth-order valence-corrected chi connectivity index (χ4v) is 5.30. The van der Waals surface area contributed by atoms with Crippen LogP contribution in [0.4, 0.5) is 5.69 Å². The van der Waals surface area contributed by atoms with E-state index in [1.54, 1.807) is 12.1 Å². The van der Waals surface area contributed by atoms with Crippen molar-refractivity contribution in [3.63, 3.8) is 0 Å². The lowest BCUT2D eigenvalue weighted by molar-refractivity contribution is -0.119. The Kier molecular flexibility index (Phi) is 5.60. The molecule has 3 aromatic rings. The van der Waals surface area contributed by atoms with Crippen LogP contribution in [-0.2, 0) is 9.53 Å². The van der Waals surface area contributed by atoms with E-state index in [0.29, 0.717) is 52.7 Å². The maximum atomic E-state index is 14.2. The van der Waals surface area contributed by atoms with Crippen molar-refractivity contribution in [2.75, 3.05) is 12.1 Å². The summed E-state index contributed by atoms with van der Waals surface area (Å²) in [4.78, 5) is 27.8. The van der Waals surface area contributed by atoms with E-state index in [1.807, 2.05) is 66.7 Å². The fourth-order valence-electron chi connectivity index (χ4n) is 5.30. The van der Waals surface area contributed by atoms with Gasteiger partial charge >= 0.3 is 0 Å². The van der Waals surface area contributed by atoms with Crippen LogP contribution in [-0.4, -0.2) is 18.4 Å². The largest absolute Gasteiger partial charge is 0.454 e. The van der Waals surface area contributed by atoms with E-state index in [1.165, 1.54) is 0 Å². The van der Waals surface area contributed by atoms with Crippen molar-refractivity contribution in [2.24, 2.45) is 5.41 Å². The number of anilines is 1. The first kappa shape index (κ1) is 23.1. The first-order chi connectivity index (χ1) is 17.9. The standard InChI is InChI=1S/C31H27NO5/c1-31(2)16-22(33)27-25(17-31)37-30(32-21-11-7-4-8-12-21)28(29(34)19-9-5-3-6-10-19)26(27)20-13-14-23-24(15-20)36-18-35-23/h3-15,26,32H,16-18H2,1-2H3. The minimum absolute atomic E-state index is 0.00830. The maximum Gasteiger partial charge on any atom is 0.231 e. The summed E-state index contributed by atoms with van der Waals surface area (Å²) in [5.41, 5.74) is 2.75. The third kappa shape index (κ3) is 4.29. The number of hydrogen-bond acceptors (Lipinski definition) is 6. The molecule has 6 rings (SSSR count). The molecule has 1 unspecified atom stereocenters. The van der Waals surface area contributed by atoms with Crippen molar-refractivity contribution in [1.82, 2.24) is 0 Å². The number of Topliss-reactive ketones (excluding diaryl/α,β-unsaturated/α-hetero) is 2. The molecule has 0 amide bonds. The molecule has 0 fully saturated rings. The fraction of sp³-hybridized carbons (Fsp3) is 0.226. The van der Waals surface area contributed by atoms with Gasteiger partial charge in [-0.05, 0) is 35.2 Å². The highest BCUT2D eigenvalue weighted by Gasteiger charge is 2.45. The van der Waals surface area contributed by atoms with Gasteiger partial charge < -0.3 is 19.5 Å². The summed E-state index contributed by atoms with van der Waals surface area (Å²) in [6, 6.07) is 24.3. The van der Waals surface area contributed by atoms with Crippen molar-refractivity contribution < 1.29 is 23.8 Å². The first-order valence-electron chi connectivity index (χ1n) is 12.4. The molecule has 6 heteroatoms. The van der Waals surface area contributed by atoms with E-state index in [-0.39, 0.29) is 23.8 Å². The van der Waals surface area contributed by atoms with Crippen molar-refractivity contribution in [2.45, 2.75) is 32.6 Å². The van der Waals surface area contributed by atoms with Gasteiger partial charge in [-0.3, -0.25) is 9.59 Å². The predicted molar refractivity (Wildman–Crippen MR) is 139 cm³/mol. The van der Waals surface area contributed by atoms with Crippen molar-refractivity contribution >= 4 is 17.3 Å². The van der Waals surface area contributed by atoms with E-state index in [0.717, 1.165) is 11.3 Å². The number of ketones is 2. The molecule has 1 N–H and O–H groups in total. The topological polar surface area (TPSA) is 73.9 Å². The first-order valence-corrected chi connectivity index (χ1v) is 12.4. The van der Waals surface area contributed by atoms with Gasteiger partial charge in [-0.1, -0.05) is 68.4 Å². The van der Waals surface area contributed by atoms with Gasteiger partial charge in [0, 0.05) is 29.7 Å². The number of nitrogens with one attached hydrogen (secondary N) is 1. The van der Waals surface area contributed by atoms with Crippen molar-refractivity contribution in [1.29, 1.82) is 0 Å². The Bertz CT molecular complexity index is 1450. The van der Waals surface area contributed by atoms with Gasteiger partial charge in [0.25, 0.3) is 0 Å². The van der Waals surface area contributed by atoms with Crippen LogP contribution in [0.15, 0.2) is 102 Å². The van der Waals surface area contributed by atoms with Crippen LogP contribution in [0.25, 0.3) is 0 Å². The number of ether oxygens (including phenoxy) is 3. The van der Waals surface area contributed by atoms with Gasteiger partial charge in [-0.25, -0.2) is 0 Å². The molecule has 2 heterocycles. The smallest absolute Gasteiger partial charge is 0.231 e. The van der Waals surface area contributed by atoms with Crippen LogP contribution in [0.3, 0.4) is 0 Å². The number of benzene rings is 3. The van der Waals surface area contributed by atoms with E-state index in [9.17, 15) is 9.59 Å². The minimum atomic E-state index is -0.624. The normalized spacial score (nSPS) is 19.8. The van der Waals surface area contributed by atoms with Crippen LogP contribution in [0, 0.1) is 5.41 Å². The average Bonchev–Trinajstić information content (AvgIpc) is 3.36. The molecule has 6 nitrogen and oxygen atoms in total. The van der Waals surface area contributed by atoms with Crippen LogP contribution in [0.5, 0.6) is 11.5 Å². The maximum absolute atomic E-state index is 14.2. The minimum Gasteiger partial charge on any atom is -0.454 e. The zero-order valence-electron chi connectivity index (χ0n) is 20.7. The summed E-state index contributed by atoms with van der Waals surface area (Å²) in [6.45, 7) is 4.26. The van der Waals surface area contributed by atoms with Crippen LogP contribution in [0.1, 0.15) is 48.5 Å². The summed E-state index contributed by atoms with van der Waals surface area (Å²) in [5.74, 6) is 1.35. The molecule has 0 radical (unpaired) electrons. The Labute approximate surface area is 215 Å². The summed E-state index contributed by atoms with van der Waals surface area (Å²) in [6.07, 6.45) is 0.965. The molecule has 0 saturated heterocycles. The molecular weight excluding hydrogens is 466 g/mol. The number of hydrogen-bond donors (Lipinski definition) is 1. The van der Waals surface area contributed by atoms with Gasteiger partial charge in [0.1, 0.15) is 5.76 Å². The Hall–Kier alpha value is -4.32. The number of fused-ring (bicyclic) bond motifs is 1. The Morgan fingerprint density at radius 1 is 0.892 bits per heavy atom. The molecule has 0 saturated carbocycles. The highest BCUT2D eigenvalue weighted by Crippen LogP contribution is 2.50. The lowest BCUT2D eigenvalue weighted by Gasteiger charge is -2.39. The zero-order chi connectivity index (χ0) is 25.6. The highest BCUT2D eigenvalue weighted by atomic mass is 16.7. The molecule has 37 heavy (non-hydrogen) atoms. The summed E-state index contributed by atoms with van der Waals surface area (Å²) in [5, 5.41) is 3.34. The van der Waals surface area contributed by atoms with E-state index in [4.69, 9.17) is 14.2 Å². The van der Waals surface area contributed by atoms with Gasteiger partial charge in [-0.15, -0.1) is 0 Å². The Morgan fingerprint density at radius 3 is 2.35 bits per heavy atom. The molecule has 0 bridgehead atoms. The second kappa shape index (κ2) is 8.96. The molecule has 0 spiro atoms. The average molecular weight is 494 g/mol. The summed E-state index contributed by atoms with van der Waals surface area (Å²) >= 11 is 0. The monoisotopic (exact) mass is 493 g/mol. The lowest BCUT2D eigenvalue weighted by atomic mass is 9.69. The molecular formula is C31H27NO5. The van der Waals surface area contributed by atoms with E-state index < -0.39 is 5.92 Å². The van der Waals surface area contributed by atoms with E-state index >= 15 is 0 Å². The van der Waals surface area contributed by atoms with Crippen molar-refractivity contribution in [3.8, 4) is 11.5 Å². The summed E-state index contributed by atoms with van der Waals surface area (Å²) < 4.78 is 17.6. The number of para-hydroxylation sites is 1. The lowest BCUT2D eigenvalue weighted by Crippen LogP contribution is -2.35. The number of allylic oxidation sites excluding steroid dienone is 3. The van der Waals surface area contributed by atoms with Crippen LogP contribution < -0.4 is 14.8 Å². The Balaban J connectivity index is 1.57. The number of carbonyl (C=O) groups excluding carboxylic acids is 2. The number of carbonyl (C=O) groups is 2. The molecule has 3 aromatic carbocycles.